The van der Waals surface area contributed by atoms with Gasteiger partial charge in [0.05, 0.1) is 6.04 Å². The molecule has 0 unspecified atom stereocenters. The SMILES string of the molecule is C[C@@H](Nc1ncnc2c1[nH]c1ccccc12)c1ccccc1. The highest BCUT2D eigenvalue weighted by molar-refractivity contribution is 6.07. The maximum absolute atomic E-state index is 4.43. The summed E-state index contributed by atoms with van der Waals surface area (Å²) in [4.78, 5) is 12.3. The summed E-state index contributed by atoms with van der Waals surface area (Å²) in [5.41, 5.74) is 4.21. The van der Waals surface area contributed by atoms with Crippen molar-refractivity contribution in [2.45, 2.75) is 13.0 Å². The Labute approximate surface area is 128 Å². The van der Waals surface area contributed by atoms with Crippen LogP contribution in [0.5, 0.6) is 0 Å². The third-order valence-corrected chi connectivity index (χ3v) is 3.94. The monoisotopic (exact) mass is 288 g/mol. The lowest BCUT2D eigenvalue weighted by Gasteiger charge is -2.15. The van der Waals surface area contributed by atoms with Gasteiger partial charge >= 0.3 is 0 Å². The average molecular weight is 288 g/mol. The third kappa shape index (κ3) is 2.09. The average Bonchev–Trinajstić information content (AvgIpc) is 2.95. The molecule has 4 aromatic rings. The number of hydrogen-bond acceptors (Lipinski definition) is 3. The number of rotatable bonds is 3. The minimum absolute atomic E-state index is 0.172. The standard InChI is InChI=1S/C18H16N4/c1-12(13-7-3-2-4-8-13)21-18-17-16(19-11-20-18)14-9-5-6-10-15(14)22-17/h2-12,22H,1H3,(H,19,20,21)/t12-/m1/s1. The van der Waals surface area contributed by atoms with Gasteiger partial charge in [0.1, 0.15) is 17.4 Å². The van der Waals surface area contributed by atoms with E-state index in [1.165, 1.54) is 5.56 Å². The highest BCUT2D eigenvalue weighted by atomic mass is 15.1. The van der Waals surface area contributed by atoms with Crippen molar-refractivity contribution in [2.75, 3.05) is 5.32 Å². The number of hydrogen-bond donors (Lipinski definition) is 2. The first-order valence-electron chi connectivity index (χ1n) is 7.36. The molecule has 2 aromatic carbocycles. The van der Waals surface area contributed by atoms with Crippen molar-refractivity contribution < 1.29 is 0 Å². The minimum Gasteiger partial charge on any atom is -0.362 e. The summed E-state index contributed by atoms with van der Waals surface area (Å²) in [5, 5.41) is 4.60. The van der Waals surface area contributed by atoms with E-state index >= 15 is 0 Å². The molecule has 4 nitrogen and oxygen atoms in total. The topological polar surface area (TPSA) is 53.6 Å². The molecule has 0 fully saturated rings. The summed E-state index contributed by atoms with van der Waals surface area (Å²) >= 11 is 0. The molecule has 1 atom stereocenters. The van der Waals surface area contributed by atoms with Crippen molar-refractivity contribution in [2.24, 2.45) is 0 Å². The van der Waals surface area contributed by atoms with Crippen LogP contribution in [0.25, 0.3) is 21.9 Å². The maximum Gasteiger partial charge on any atom is 0.154 e. The van der Waals surface area contributed by atoms with E-state index in [-0.39, 0.29) is 6.04 Å². The molecule has 0 aliphatic rings. The molecule has 2 N–H and O–H groups in total. The Morgan fingerprint density at radius 1 is 0.955 bits per heavy atom. The zero-order valence-electron chi connectivity index (χ0n) is 12.2. The Morgan fingerprint density at radius 3 is 2.59 bits per heavy atom. The van der Waals surface area contributed by atoms with Crippen molar-refractivity contribution in [3.63, 3.8) is 0 Å². The van der Waals surface area contributed by atoms with Crippen molar-refractivity contribution in [1.29, 1.82) is 0 Å². The number of anilines is 1. The minimum atomic E-state index is 0.172. The fourth-order valence-corrected chi connectivity index (χ4v) is 2.78. The van der Waals surface area contributed by atoms with Gasteiger partial charge in [0.15, 0.2) is 5.82 Å². The Balaban J connectivity index is 1.79. The summed E-state index contributed by atoms with van der Waals surface area (Å²) in [6.45, 7) is 2.13. The number of aromatic amines is 1. The van der Waals surface area contributed by atoms with E-state index in [0.717, 1.165) is 27.8 Å². The van der Waals surface area contributed by atoms with Crippen LogP contribution in [0.1, 0.15) is 18.5 Å². The number of nitrogens with zero attached hydrogens (tertiary/aromatic N) is 2. The first-order valence-corrected chi connectivity index (χ1v) is 7.36. The highest BCUT2D eigenvalue weighted by Gasteiger charge is 2.12. The summed E-state index contributed by atoms with van der Waals surface area (Å²) in [6, 6.07) is 18.7. The normalized spacial score (nSPS) is 12.6. The number of aromatic nitrogens is 3. The van der Waals surface area contributed by atoms with Crippen LogP contribution in [0.2, 0.25) is 0 Å². The zero-order chi connectivity index (χ0) is 14.9. The van der Waals surface area contributed by atoms with E-state index in [9.17, 15) is 0 Å². The van der Waals surface area contributed by atoms with Crippen LogP contribution in [0, 0.1) is 0 Å². The number of para-hydroxylation sites is 1. The molecule has 0 spiro atoms. The molecular formula is C18H16N4. The predicted octanol–water partition coefficient (Wildman–Crippen LogP) is 4.28. The van der Waals surface area contributed by atoms with Gasteiger partial charge in [-0.15, -0.1) is 0 Å². The van der Waals surface area contributed by atoms with Gasteiger partial charge < -0.3 is 10.3 Å². The fraction of sp³-hybridized carbons (Fsp3) is 0.111. The molecule has 22 heavy (non-hydrogen) atoms. The molecule has 2 aromatic heterocycles. The molecule has 2 heterocycles. The van der Waals surface area contributed by atoms with Crippen molar-refractivity contribution in [1.82, 2.24) is 15.0 Å². The van der Waals surface area contributed by atoms with E-state index in [1.807, 2.05) is 30.3 Å². The smallest absolute Gasteiger partial charge is 0.154 e. The first kappa shape index (κ1) is 12.8. The van der Waals surface area contributed by atoms with E-state index in [1.54, 1.807) is 6.33 Å². The quantitative estimate of drug-likeness (QED) is 0.591. The number of benzene rings is 2. The molecule has 0 aliphatic carbocycles. The molecule has 0 radical (unpaired) electrons. The summed E-state index contributed by atoms with van der Waals surface area (Å²) in [7, 11) is 0. The Hall–Kier alpha value is -2.88. The first-order chi connectivity index (χ1) is 10.8. The molecule has 0 saturated carbocycles. The van der Waals surface area contributed by atoms with Crippen molar-refractivity contribution >= 4 is 27.8 Å². The Bertz CT molecular complexity index is 928. The summed E-state index contributed by atoms with van der Waals surface area (Å²) in [5.74, 6) is 0.831. The lowest BCUT2D eigenvalue weighted by atomic mass is 10.1. The van der Waals surface area contributed by atoms with Gasteiger partial charge in [-0.25, -0.2) is 9.97 Å². The largest absolute Gasteiger partial charge is 0.362 e. The zero-order valence-corrected chi connectivity index (χ0v) is 12.2. The van der Waals surface area contributed by atoms with Crippen LogP contribution in [-0.2, 0) is 0 Å². The van der Waals surface area contributed by atoms with Crippen LogP contribution in [-0.4, -0.2) is 15.0 Å². The van der Waals surface area contributed by atoms with Gasteiger partial charge in [0, 0.05) is 10.9 Å². The van der Waals surface area contributed by atoms with Crippen LogP contribution >= 0.6 is 0 Å². The van der Waals surface area contributed by atoms with Crippen LogP contribution in [0.3, 0.4) is 0 Å². The second-order valence-electron chi connectivity index (χ2n) is 5.39. The molecular weight excluding hydrogens is 272 g/mol. The van der Waals surface area contributed by atoms with E-state index in [4.69, 9.17) is 0 Å². The van der Waals surface area contributed by atoms with Gasteiger partial charge in [-0.1, -0.05) is 48.5 Å². The van der Waals surface area contributed by atoms with E-state index in [0.29, 0.717) is 0 Å². The van der Waals surface area contributed by atoms with Gasteiger partial charge in [0.25, 0.3) is 0 Å². The molecule has 0 saturated heterocycles. The van der Waals surface area contributed by atoms with Gasteiger partial charge in [-0.2, -0.15) is 0 Å². The van der Waals surface area contributed by atoms with Gasteiger partial charge in [-0.05, 0) is 18.6 Å². The number of H-pyrrole nitrogens is 1. The highest BCUT2D eigenvalue weighted by Crippen LogP contribution is 2.28. The van der Waals surface area contributed by atoms with E-state index in [2.05, 4.69) is 51.5 Å². The van der Waals surface area contributed by atoms with Gasteiger partial charge in [-0.3, -0.25) is 0 Å². The molecule has 0 bridgehead atoms. The Kier molecular flexibility index (Phi) is 3.00. The van der Waals surface area contributed by atoms with E-state index < -0.39 is 0 Å². The summed E-state index contributed by atoms with van der Waals surface area (Å²) < 4.78 is 0. The second kappa shape index (κ2) is 5.15. The molecule has 108 valence electrons. The molecule has 4 rings (SSSR count). The predicted molar refractivity (Wildman–Crippen MR) is 89.9 cm³/mol. The lowest BCUT2D eigenvalue weighted by Crippen LogP contribution is -2.08. The number of nitrogens with one attached hydrogen (secondary N) is 2. The molecule has 0 amide bonds. The second-order valence-corrected chi connectivity index (χ2v) is 5.39. The summed E-state index contributed by atoms with van der Waals surface area (Å²) in [6.07, 6.45) is 1.61. The third-order valence-electron chi connectivity index (χ3n) is 3.94. The Morgan fingerprint density at radius 2 is 1.73 bits per heavy atom. The lowest BCUT2D eigenvalue weighted by molar-refractivity contribution is 0.875. The molecule has 4 heteroatoms. The van der Waals surface area contributed by atoms with Crippen molar-refractivity contribution in [3.8, 4) is 0 Å². The maximum atomic E-state index is 4.43. The van der Waals surface area contributed by atoms with Gasteiger partial charge in [0.2, 0.25) is 0 Å². The van der Waals surface area contributed by atoms with Crippen LogP contribution < -0.4 is 5.32 Å². The molecule has 0 aliphatic heterocycles. The number of fused-ring (bicyclic) bond motifs is 3. The van der Waals surface area contributed by atoms with Crippen LogP contribution in [0.4, 0.5) is 5.82 Å². The van der Waals surface area contributed by atoms with Crippen LogP contribution in [0.15, 0.2) is 60.9 Å². The fourth-order valence-electron chi connectivity index (χ4n) is 2.78. The van der Waals surface area contributed by atoms with Crippen molar-refractivity contribution in [3.05, 3.63) is 66.5 Å².